The van der Waals surface area contributed by atoms with Crippen LogP contribution >= 0.6 is 0 Å². The van der Waals surface area contributed by atoms with Gasteiger partial charge in [-0.05, 0) is 36.5 Å². The number of phenols is 1. The van der Waals surface area contributed by atoms with E-state index in [0.717, 1.165) is 0 Å². The number of nitrogens with zero attached hydrogens (tertiary/aromatic N) is 1. The first-order chi connectivity index (χ1) is 9.10. The highest BCUT2D eigenvalue weighted by Crippen LogP contribution is 2.51. The molecule has 1 atom stereocenters. The summed E-state index contributed by atoms with van der Waals surface area (Å²) in [5, 5.41) is 19.7. The van der Waals surface area contributed by atoms with Crippen LogP contribution in [-0.4, -0.2) is 27.8 Å². The lowest BCUT2D eigenvalue weighted by atomic mass is 9.66. The van der Waals surface area contributed by atoms with Crippen LogP contribution in [-0.2, 0) is 12.0 Å². The first kappa shape index (κ1) is 14.6. The predicted molar refractivity (Wildman–Crippen MR) is 73.3 cm³/mol. The zero-order chi connectivity index (χ0) is 15.3. The molecule has 20 heavy (non-hydrogen) atoms. The molecule has 5 heteroatoms. The summed E-state index contributed by atoms with van der Waals surface area (Å²) in [4.78, 5) is 12.9. The quantitative estimate of drug-likeness (QED) is 0.766. The van der Waals surface area contributed by atoms with E-state index in [-0.39, 0.29) is 18.7 Å². The smallest absolute Gasteiger partial charge is 0.408 e. The third kappa shape index (κ3) is 1.84. The summed E-state index contributed by atoms with van der Waals surface area (Å²) in [5.41, 5.74) is -0.677. The van der Waals surface area contributed by atoms with E-state index in [1.165, 1.54) is 17.0 Å². The third-order valence-electron chi connectivity index (χ3n) is 4.54. The van der Waals surface area contributed by atoms with Gasteiger partial charge in [-0.2, -0.15) is 0 Å². The molecule has 0 bridgehead atoms. The number of fused-ring (bicyclic) bond motifs is 1. The lowest BCUT2D eigenvalue weighted by molar-refractivity contribution is 0.00146. The standard InChI is InChI=1S/C15H20FNO3/c1-14(2,3)15(4)12-9(7-8-17(15)13(19)20)10(16)5-6-11(12)18/h5-6,18H,7-8H2,1-4H3,(H,19,20). The number of aromatic hydroxyl groups is 1. The molecule has 0 fully saturated rings. The molecule has 1 aromatic rings. The highest BCUT2D eigenvalue weighted by atomic mass is 19.1. The number of benzene rings is 1. The summed E-state index contributed by atoms with van der Waals surface area (Å²) in [6.07, 6.45) is -0.787. The number of carbonyl (C=O) groups is 1. The first-order valence-electron chi connectivity index (χ1n) is 6.62. The van der Waals surface area contributed by atoms with Crippen molar-refractivity contribution >= 4 is 6.09 Å². The van der Waals surface area contributed by atoms with E-state index < -0.39 is 22.9 Å². The summed E-state index contributed by atoms with van der Waals surface area (Å²) >= 11 is 0. The number of halogens is 1. The van der Waals surface area contributed by atoms with Gasteiger partial charge in [0.1, 0.15) is 11.6 Å². The van der Waals surface area contributed by atoms with Crippen LogP contribution in [0.15, 0.2) is 12.1 Å². The molecule has 0 aromatic heterocycles. The number of rotatable bonds is 0. The Bertz CT molecular complexity index is 565. The van der Waals surface area contributed by atoms with E-state index in [4.69, 9.17) is 0 Å². The van der Waals surface area contributed by atoms with E-state index in [2.05, 4.69) is 0 Å². The molecule has 0 saturated carbocycles. The molecule has 2 N–H and O–H groups in total. The molecule has 2 rings (SSSR count). The summed E-state index contributed by atoms with van der Waals surface area (Å²) in [7, 11) is 0. The van der Waals surface area contributed by atoms with Gasteiger partial charge in [0, 0.05) is 12.1 Å². The zero-order valence-corrected chi connectivity index (χ0v) is 12.2. The Kier molecular flexibility index (Phi) is 3.19. The molecule has 4 nitrogen and oxygen atoms in total. The topological polar surface area (TPSA) is 60.8 Å². The van der Waals surface area contributed by atoms with E-state index in [9.17, 15) is 19.4 Å². The second kappa shape index (κ2) is 4.36. The van der Waals surface area contributed by atoms with Crippen molar-refractivity contribution in [2.75, 3.05) is 6.54 Å². The Morgan fingerprint density at radius 3 is 2.50 bits per heavy atom. The third-order valence-corrected chi connectivity index (χ3v) is 4.54. The van der Waals surface area contributed by atoms with Crippen molar-refractivity contribution < 1.29 is 19.4 Å². The summed E-state index contributed by atoms with van der Waals surface area (Å²) < 4.78 is 14.0. The molecular formula is C15H20FNO3. The van der Waals surface area contributed by atoms with Gasteiger partial charge < -0.3 is 10.2 Å². The van der Waals surface area contributed by atoms with Gasteiger partial charge in [0.25, 0.3) is 0 Å². The van der Waals surface area contributed by atoms with Gasteiger partial charge in [0.05, 0.1) is 5.54 Å². The fourth-order valence-corrected chi connectivity index (χ4v) is 3.05. The Labute approximate surface area is 117 Å². The van der Waals surface area contributed by atoms with Gasteiger partial charge >= 0.3 is 6.09 Å². The molecule has 0 radical (unpaired) electrons. The number of carboxylic acid groups (broad SMARTS) is 1. The van der Waals surface area contributed by atoms with Gasteiger partial charge in [0.15, 0.2) is 0 Å². The minimum Gasteiger partial charge on any atom is -0.508 e. The number of amides is 1. The van der Waals surface area contributed by atoms with Gasteiger partial charge in [-0.1, -0.05) is 20.8 Å². The molecule has 1 aromatic carbocycles. The van der Waals surface area contributed by atoms with Crippen LogP contribution < -0.4 is 0 Å². The van der Waals surface area contributed by atoms with Crippen LogP contribution in [0, 0.1) is 11.2 Å². The van der Waals surface area contributed by atoms with Crippen LogP contribution in [0.5, 0.6) is 5.75 Å². The highest BCUT2D eigenvalue weighted by molar-refractivity contribution is 5.68. The molecular weight excluding hydrogens is 261 g/mol. The maximum Gasteiger partial charge on any atom is 0.408 e. The van der Waals surface area contributed by atoms with Crippen molar-refractivity contribution in [2.45, 2.75) is 39.7 Å². The second-order valence-electron chi connectivity index (χ2n) is 6.43. The van der Waals surface area contributed by atoms with Crippen LogP contribution in [0.1, 0.15) is 38.8 Å². The monoisotopic (exact) mass is 281 g/mol. The van der Waals surface area contributed by atoms with E-state index >= 15 is 0 Å². The molecule has 1 amide bonds. The fraction of sp³-hybridized carbons (Fsp3) is 0.533. The minimum absolute atomic E-state index is 0.0511. The Balaban J connectivity index is 2.80. The van der Waals surface area contributed by atoms with Crippen molar-refractivity contribution in [2.24, 2.45) is 5.41 Å². The van der Waals surface area contributed by atoms with Gasteiger partial charge in [0.2, 0.25) is 0 Å². The van der Waals surface area contributed by atoms with Gasteiger partial charge in [-0.3, -0.25) is 4.90 Å². The lowest BCUT2D eigenvalue weighted by Crippen LogP contribution is -2.58. The molecule has 0 spiro atoms. The molecule has 0 aliphatic carbocycles. The highest BCUT2D eigenvalue weighted by Gasteiger charge is 2.51. The van der Waals surface area contributed by atoms with Crippen LogP contribution in [0.4, 0.5) is 9.18 Å². The van der Waals surface area contributed by atoms with Crippen molar-refractivity contribution in [1.82, 2.24) is 4.90 Å². The van der Waals surface area contributed by atoms with Crippen molar-refractivity contribution in [1.29, 1.82) is 0 Å². The predicted octanol–water partition coefficient (Wildman–Crippen LogP) is 3.33. The van der Waals surface area contributed by atoms with Crippen LogP contribution in [0.25, 0.3) is 0 Å². The summed E-state index contributed by atoms with van der Waals surface area (Å²) in [6, 6.07) is 2.52. The summed E-state index contributed by atoms with van der Waals surface area (Å²) in [5.74, 6) is -0.442. The van der Waals surface area contributed by atoms with E-state index in [0.29, 0.717) is 11.1 Å². The molecule has 1 aliphatic heterocycles. The second-order valence-corrected chi connectivity index (χ2v) is 6.43. The summed E-state index contributed by atoms with van der Waals surface area (Å²) in [6.45, 7) is 7.64. The van der Waals surface area contributed by atoms with E-state index in [1.807, 2.05) is 20.8 Å². The fourth-order valence-electron chi connectivity index (χ4n) is 3.05. The number of phenolic OH excluding ortho intramolecular Hbond substituents is 1. The van der Waals surface area contributed by atoms with Crippen LogP contribution in [0.2, 0.25) is 0 Å². The molecule has 1 unspecified atom stereocenters. The minimum atomic E-state index is -1.06. The Hall–Kier alpha value is -1.78. The first-order valence-corrected chi connectivity index (χ1v) is 6.62. The zero-order valence-electron chi connectivity index (χ0n) is 12.2. The van der Waals surface area contributed by atoms with Crippen LogP contribution in [0.3, 0.4) is 0 Å². The van der Waals surface area contributed by atoms with Gasteiger partial charge in [-0.15, -0.1) is 0 Å². The van der Waals surface area contributed by atoms with Crippen molar-refractivity contribution in [3.63, 3.8) is 0 Å². The number of hydrogen-bond donors (Lipinski definition) is 2. The molecule has 110 valence electrons. The molecule has 1 aliphatic rings. The molecule has 0 saturated heterocycles. The Morgan fingerprint density at radius 2 is 2.00 bits per heavy atom. The number of hydrogen-bond acceptors (Lipinski definition) is 2. The van der Waals surface area contributed by atoms with Crippen molar-refractivity contribution in [3.05, 3.63) is 29.1 Å². The molecule has 1 heterocycles. The normalized spacial score (nSPS) is 22.6. The SMILES string of the molecule is CC(C)(C)C1(C)c2c(O)ccc(F)c2CCN1C(=O)O. The average Bonchev–Trinajstić information content (AvgIpc) is 2.32. The lowest BCUT2D eigenvalue weighted by Gasteiger charge is -2.52. The maximum atomic E-state index is 14.0. The van der Waals surface area contributed by atoms with E-state index in [1.54, 1.807) is 6.92 Å². The average molecular weight is 281 g/mol. The Morgan fingerprint density at radius 1 is 1.40 bits per heavy atom. The largest absolute Gasteiger partial charge is 0.508 e. The van der Waals surface area contributed by atoms with Gasteiger partial charge in [-0.25, -0.2) is 9.18 Å². The van der Waals surface area contributed by atoms with Crippen molar-refractivity contribution in [3.8, 4) is 5.75 Å². The maximum absolute atomic E-state index is 14.0.